The zero-order valence-corrected chi connectivity index (χ0v) is 12.8. The molecule has 0 atom stereocenters. The molecule has 6 heteroatoms. The lowest BCUT2D eigenvalue weighted by Gasteiger charge is -2.08. The third kappa shape index (κ3) is 3.21. The molecule has 0 fully saturated rings. The topological polar surface area (TPSA) is 57.4 Å². The molecular weight excluding hydrogens is 304 g/mol. The third-order valence-corrected chi connectivity index (χ3v) is 3.55. The summed E-state index contributed by atoms with van der Waals surface area (Å²) in [4.78, 5) is 4.25. The van der Waals surface area contributed by atoms with Crippen LogP contribution in [0.3, 0.4) is 0 Å². The summed E-state index contributed by atoms with van der Waals surface area (Å²) < 4.78 is 15.9. The monoisotopic (exact) mass is 318 g/mol. The second-order valence-electron chi connectivity index (χ2n) is 4.73. The lowest BCUT2D eigenvalue weighted by molar-refractivity contribution is 0.199. The Morgan fingerprint density at radius 3 is 2.77 bits per heavy atom. The van der Waals surface area contributed by atoms with Gasteiger partial charge in [0.05, 0.1) is 6.61 Å². The van der Waals surface area contributed by atoms with Gasteiger partial charge in [-0.15, -0.1) is 0 Å². The summed E-state index contributed by atoms with van der Waals surface area (Å²) in [5.74, 6) is 1.78. The van der Waals surface area contributed by atoms with E-state index in [4.69, 9.17) is 25.6 Å². The van der Waals surface area contributed by atoms with Crippen LogP contribution in [0, 0.1) is 0 Å². The molecule has 0 N–H and O–H groups in total. The van der Waals surface area contributed by atoms with Crippen molar-refractivity contribution >= 4 is 22.4 Å². The number of methoxy groups -OCH3 is 1. The van der Waals surface area contributed by atoms with Crippen molar-refractivity contribution in [3.05, 3.63) is 53.1 Å². The summed E-state index contributed by atoms with van der Waals surface area (Å²) in [7, 11) is 1.63. The van der Waals surface area contributed by atoms with Crippen molar-refractivity contribution in [2.45, 2.75) is 13.0 Å². The van der Waals surface area contributed by atoms with Crippen LogP contribution in [0.5, 0.6) is 5.75 Å². The van der Waals surface area contributed by atoms with Crippen molar-refractivity contribution in [2.75, 3.05) is 13.7 Å². The van der Waals surface area contributed by atoms with Crippen LogP contribution < -0.4 is 4.74 Å². The number of aromatic nitrogens is 2. The normalized spacial score (nSPS) is 11.0. The van der Waals surface area contributed by atoms with Gasteiger partial charge in [-0.3, -0.25) is 0 Å². The number of rotatable bonds is 6. The quantitative estimate of drug-likeness (QED) is 0.694. The van der Waals surface area contributed by atoms with E-state index in [1.807, 2.05) is 36.4 Å². The maximum atomic E-state index is 6.19. The van der Waals surface area contributed by atoms with Gasteiger partial charge in [-0.05, 0) is 12.1 Å². The zero-order valence-electron chi connectivity index (χ0n) is 12.1. The molecule has 0 unspecified atom stereocenters. The Balaban J connectivity index is 1.74. The largest absolute Gasteiger partial charge is 0.483 e. The van der Waals surface area contributed by atoms with Crippen molar-refractivity contribution in [2.24, 2.45) is 0 Å². The molecule has 0 aliphatic carbocycles. The summed E-state index contributed by atoms with van der Waals surface area (Å²) in [5, 5.41) is 6.48. The Kier molecular flexibility index (Phi) is 4.56. The van der Waals surface area contributed by atoms with Crippen LogP contribution in [0.2, 0.25) is 5.02 Å². The molecule has 5 nitrogen and oxygen atoms in total. The van der Waals surface area contributed by atoms with E-state index < -0.39 is 0 Å². The van der Waals surface area contributed by atoms with Gasteiger partial charge in [-0.2, -0.15) is 4.98 Å². The molecule has 0 saturated carbocycles. The van der Waals surface area contributed by atoms with Crippen molar-refractivity contribution in [3.8, 4) is 5.75 Å². The minimum absolute atomic E-state index is 0.214. The molecule has 2 aromatic carbocycles. The lowest BCUT2D eigenvalue weighted by Crippen LogP contribution is -1.99. The molecule has 0 aliphatic rings. The predicted molar refractivity (Wildman–Crippen MR) is 83.2 cm³/mol. The van der Waals surface area contributed by atoms with Crippen molar-refractivity contribution < 1.29 is 14.0 Å². The number of hydrogen-bond donors (Lipinski definition) is 0. The van der Waals surface area contributed by atoms with E-state index in [0.29, 0.717) is 29.8 Å². The Morgan fingerprint density at radius 1 is 1.14 bits per heavy atom. The van der Waals surface area contributed by atoms with E-state index in [0.717, 1.165) is 16.5 Å². The Labute approximate surface area is 132 Å². The van der Waals surface area contributed by atoms with Crippen LogP contribution in [0.25, 0.3) is 10.8 Å². The Bertz CT molecular complexity index is 773. The summed E-state index contributed by atoms with van der Waals surface area (Å²) in [5.41, 5.74) is 0. The fourth-order valence-electron chi connectivity index (χ4n) is 2.14. The highest BCUT2D eigenvalue weighted by molar-refractivity contribution is 6.35. The van der Waals surface area contributed by atoms with Crippen molar-refractivity contribution in [1.82, 2.24) is 10.1 Å². The molecule has 114 valence electrons. The number of benzene rings is 2. The fourth-order valence-corrected chi connectivity index (χ4v) is 2.37. The van der Waals surface area contributed by atoms with E-state index in [9.17, 15) is 0 Å². The van der Waals surface area contributed by atoms with E-state index in [2.05, 4.69) is 10.1 Å². The first-order valence-corrected chi connectivity index (χ1v) is 7.26. The second kappa shape index (κ2) is 6.77. The summed E-state index contributed by atoms with van der Waals surface area (Å²) in [6.07, 6.45) is 0.615. The van der Waals surface area contributed by atoms with Gasteiger partial charge in [0, 0.05) is 29.3 Å². The standard InChI is InChI=1S/C16H15ClN2O3/c1-20-9-8-15-18-16(22-19-15)10-21-14-7-6-13(17)11-4-2-3-5-12(11)14/h2-7H,8-10H2,1H3. The molecule has 22 heavy (non-hydrogen) atoms. The zero-order chi connectivity index (χ0) is 15.4. The summed E-state index contributed by atoms with van der Waals surface area (Å²) >= 11 is 6.19. The molecule has 3 aromatic rings. The summed E-state index contributed by atoms with van der Waals surface area (Å²) in [6.45, 7) is 0.771. The first-order chi connectivity index (χ1) is 10.8. The lowest BCUT2D eigenvalue weighted by atomic mass is 10.1. The predicted octanol–water partition coefficient (Wildman–Crippen LogP) is 3.64. The molecule has 1 aromatic heterocycles. The van der Waals surface area contributed by atoms with Crippen LogP contribution in [-0.2, 0) is 17.8 Å². The van der Waals surface area contributed by atoms with Crippen LogP contribution in [0.4, 0.5) is 0 Å². The molecule has 0 amide bonds. The van der Waals surface area contributed by atoms with Gasteiger partial charge < -0.3 is 14.0 Å². The number of fused-ring (bicyclic) bond motifs is 1. The highest BCUT2D eigenvalue weighted by atomic mass is 35.5. The number of hydrogen-bond acceptors (Lipinski definition) is 5. The van der Waals surface area contributed by atoms with Crippen LogP contribution in [0.1, 0.15) is 11.7 Å². The Hall–Kier alpha value is -2.11. The minimum atomic E-state index is 0.214. The molecule has 0 spiro atoms. The molecule has 1 heterocycles. The van der Waals surface area contributed by atoms with Crippen LogP contribution >= 0.6 is 11.6 Å². The van der Waals surface area contributed by atoms with Crippen molar-refractivity contribution in [1.29, 1.82) is 0 Å². The maximum Gasteiger partial charge on any atom is 0.264 e. The Morgan fingerprint density at radius 2 is 1.95 bits per heavy atom. The van der Waals surface area contributed by atoms with Gasteiger partial charge in [0.15, 0.2) is 12.4 Å². The van der Waals surface area contributed by atoms with Gasteiger partial charge in [0.2, 0.25) is 0 Å². The second-order valence-corrected chi connectivity index (χ2v) is 5.13. The average molecular weight is 319 g/mol. The minimum Gasteiger partial charge on any atom is -0.483 e. The smallest absolute Gasteiger partial charge is 0.264 e. The summed E-state index contributed by atoms with van der Waals surface area (Å²) in [6, 6.07) is 11.5. The van der Waals surface area contributed by atoms with E-state index in [-0.39, 0.29) is 6.61 Å². The van der Waals surface area contributed by atoms with Gasteiger partial charge in [0.1, 0.15) is 5.75 Å². The fraction of sp³-hybridized carbons (Fsp3) is 0.250. The number of nitrogens with zero attached hydrogens (tertiary/aromatic N) is 2. The molecule has 0 aliphatic heterocycles. The first kappa shape index (κ1) is 14.8. The molecule has 0 bridgehead atoms. The maximum absolute atomic E-state index is 6.19. The van der Waals surface area contributed by atoms with E-state index >= 15 is 0 Å². The molecular formula is C16H15ClN2O3. The van der Waals surface area contributed by atoms with Crippen molar-refractivity contribution in [3.63, 3.8) is 0 Å². The number of ether oxygens (including phenoxy) is 2. The van der Waals surface area contributed by atoms with Crippen LogP contribution in [0.15, 0.2) is 40.9 Å². The molecule has 3 rings (SSSR count). The van der Waals surface area contributed by atoms with Gasteiger partial charge in [0.25, 0.3) is 5.89 Å². The highest BCUT2D eigenvalue weighted by Gasteiger charge is 2.09. The third-order valence-electron chi connectivity index (χ3n) is 3.22. The SMILES string of the molecule is COCCc1noc(COc2ccc(Cl)c3ccccc23)n1. The first-order valence-electron chi connectivity index (χ1n) is 6.88. The van der Waals surface area contributed by atoms with Crippen LogP contribution in [-0.4, -0.2) is 23.9 Å². The number of halogens is 1. The van der Waals surface area contributed by atoms with Gasteiger partial charge >= 0.3 is 0 Å². The van der Waals surface area contributed by atoms with E-state index in [1.54, 1.807) is 7.11 Å². The average Bonchev–Trinajstić information content (AvgIpc) is 3.00. The van der Waals surface area contributed by atoms with E-state index in [1.165, 1.54) is 0 Å². The molecule has 0 saturated heterocycles. The highest BCUT2D eigenvalue weighted by Crippen LogP contribution is 2.31. The molecule has 0 radical (unpaired) electrons. The van der Waals surface area contributed by atoms with Gasteiger partial charge in [-0.25, -0.2) is 0 Å². The van der Waals surface area contributed by atoms with Gasteiger partial charge in [-0.1, -0.05) is 41.0 Å².